The first-order chi connectivity index (χ1) is 15.8. The first-order valence-corrected chi connectivity index (χ1v) is 11.2. The Morgan fingerprint density at radius 2 is 1.64 bits per heavy atom. The van der Waals surface area contributed by atoms with Crippen molar-refractivity contribution in [1.82, 2.24) is 4.57 Å². The van der Waals surface area contributed by atoms with Crippen LogP contribution in [-0.4, -0.2) is 10.5 Å². The van der Waals surface area contributed by atoms with E-state index in [9.17, 15) is 9.59 Å². The van der Waals surface area contributed by atoms with Gasteiger partial charge in [-0.2, -0.15) is 0 Å². The number of aryl methyl sites for hydroxylation is 2. The Bertz CT molecular complexity index is 1390. The van der Waals surface area contributed by atoms with Gasteiger partial charge in [0.15, 0.2) is 5.43 Å². The van der Waals surface area contributed by atoms with Gasteiger partial charge in [0.2, 0.25) is 0 Å². The molecule has 1 heterocycles. The first-order valence-electron chi connectivity index (χ1n) is 10.5. The molecule has 1 N–H and O–H groups in total. The summed E-state index contributed by atoms with van der Waals surface area (Å²) < 4.78 is 1.99. The number of hydrogen-bond acceptors (Lipinski definition) is 2. The highest BCUT2D eigenvalue weighted by molar-refractivity contribution is 6.34. The third-order valence-electron chi connectivity index (χ3n) is 5.41. The van der Waals surface area contributed by atoms with E-state index in [2.05, 4.69) is 5.32 Å². The number of amides is 1. The van der Waals surface area contributed by atoms with Crippen molar-refractivity contribution in [3.8, 4) is 11.3 Å². The molecule has 0 aliphatic carbocycles. The van der Waals surface area contributed by atoms with E-state index in [0.29, 0.717) is 28.0 Å². The van der Waals surface area contributed by atoms with Gasteiger partial charge in [-0.3, -0.25) is 9.59 Å². The van der Waals surface area contributed by atoms with E-state index in [4.69, 9.17) is 23.2 Å². The number of carbonyl (C=O) groups excluding carboxylic acids is 1. The summed E-state index contributed by atoms with van der Waals surface area (Å²) in [6.07, 6.45) is 0. The number of benzene rings is 3. The molecule has 6 heteroatoms. The quantitative estimate of drug-likeness (QED) is 0.346. The lowest BCUT2D eigenvalue weighted by Gasteiger charge is -2.21. The third-order valence-corrected chi connectivity index (χ3v) is 5.99. The van der Waals surface area contributed by atoms with Crippen LogP contribution in [0.1, 0.15) is 27.2 Å². The Labute approximate surface area is 202 Å². The minimum Gasteiger partial charge on any atom is -0.340 e. The molecule has 1 aromatic heterocycles. The Morgan fingerprint density at radius 3 is 2.33 bits per heavy atom. The molecule has 0 unspecified atom stereocenters. The lowest BCUT2D eigenvalue weighted by atomic mass is 10.0. The molecule has 0 radical (unpaired) electrons. The fraction of sp³-hybridized carbons (Fsp3) is 0.111. The van der Waals surface area contributed by atoms with Crippen LogP contribution >= 0.6 is 23.2 Å². The number of nitrogens with one attached hydrogen (secondary N) is 1. The Morgan fingerprint density at radius 1 is 0.909 bits per heavy atom. The van der Waals surface area contributed by atoms with Crippen LogP contribution in [0, 0.1) is 13.8 Å². The molecular formula is C27H22Cl2N2O2. The van der Waals surface area contributed by atoms with Crippen molar-refractivity contribution >= 4 is 34.8 Å². The van der Waals surface area contributed by atoms with Gasteiger partial charge < -0.3 is 9.88 Å². The van der Waals surface area contributed by atoms with E-state index in [0.717, 1.165) is 22.4 Å². The zero-order valence-corrected chi connectivity index (χ0v) is 19.7. The number of aromatic nitrogens is 1. The summed E-state index contributed by atoms with van der Waals surface area (Å²) in [5, 5.41) is 3.86. The van der Waals surface area contributed by atoms with E-state index >= 15 is 0 Å². The molecule has 0 saturated heterocycles. The predicted octanol–water partition coefficient (Wildman–Crippen LogP) is 6.74. The van der Waals surface area contributed by atoms with Gasteiger partial charge in [0.05, 0.1) is 16.4 Å². The highest BCUT2D eigenvalue weighted by Crippen LogP contribution is 2.28. The lowest BCUT2D eigenvalue weighted by molar-refractivity contribution is 0.102. The molecule has 0 bridgehead atoms. The number of carbonyl (C=O) groups is 1. The summed E-state index contributed by atoms with van der Waals surface area (Å²) in [4.78, 5) is 26.6. The molecule has 0 fully saturated rings. The summed E-state index contributed by atoms with van der Waals surface area (Å²) in [5.41, 5.74) is 4.29. The minimum atomic E-state index is -0.505. The molecule has 4 rings (SSSR count). The van der Waals surface area contributed by atoms with Crippen LogP contribution in [0.4, 0.5) is 5.69 Å². The third kappa shape index (κ3) is 5.03. The van der Waals surface area contributed by atoms with Crippen LogP contribution < -0.4 is 10.7 Å². The maximum Gasteiger partial charge on any atom is 0.261 e. The van der Waals surface area contributed by atoms with Crippen LogP contribution in [0.25, 0.3) is 11.3 Å². The number of para-hydroxylation sites is 1. The minimum absolute atomic E-state index is 0.0695. The van der Waals surface area contributed by atoms with Crippen LogP contribution in [0.2, 0.25) is 10.0 Å². The van der Waals surface area contributed by atoms with Gasteiger partial charge in [-0.15, -0.1) is 0 Å². The summed E-state index contributed by atoms with van der Waals surface area (Å²) in [7, 11) is 0. The van der Waals surface area contributed by atoms with E-state index in [1.165, 1.54) is 6.07 Å². The van der Waals surface area contributed by atoms with Crippen molar-refractivity contribution in [1.29, 1.82) is 0 Å². The van der Waals surface area contributed by atoms with E-state index in [1.807, 2.05) is 66.9 Å². The molecule has 166 valence electrons. The van der Waals surface area contributed by atoms with Gasteiger partial charge >= 0.3 is 0 Å². The molecule has 0 spiro atoms. The predicted molar refractivity (Wildman–Crippen MR) is 136 cm³/mol. The van der Waals surface area contributed by atoms with Crippen LogP contribution in [0.5, 0.6) is 0 Å². The smallest absolute Gasteiger partial charge is 0.261 e. The standard InChI is InChI=1S/C27H22Cl2N2O2/c1-17-6-5-7-20(14-17)26-25(27(33)30-23-9-4-3-8-22(23)29)24(32)15-18(2)31(26)16-19-10-12-21(28)13-11-19/h3-15H,16H2,1-2H3,(H,30,33). The van der Waals surface area contributed by atoms with Crippen LogP contribution in [-0.2, 0) is 6.54 Å². The molecule has 4 nitrogen and oxygen atoms in total. The van der Waals surface area contributed by atoms with Gasteiger partial charge in [-0.05, 0) is 55.3 Å². The van der Waals surface area contributed by atoms with Crippen LogP contribution in [0.15, 0.2) is 83.7 Å². The maximum absolute atomic E-state index is 13.4. The average molecular weight is 477 g/mol. The van der Waals surface area contributed by atoms with E-state index in [1.54, 1.807) is 24.3 Å². The molecule has 1 amide bonds. The van der Waals surface area contributed by atoms with Gasteiger partial charge in [0.25, 0.3) is 5.91 Å². The van der Waals surface area contributed by atoms with Crippen molar-refractivity contribution in [3.05, 3.63) is 122 Å². The molecule has 0 atom stereocenters. The number of nitrogens with zero attached hydrogens (tertiary/aromatic N) is 1. The van der Waals surface area contributed by atoms with E-state index < -0.39 is 5.91 Å². The second-order valence-corrected chi connectivity index (χ2v) is 8.73. The number of hydrogen-bond donors (Lipinski definition) is 1. The Hall–Kier alpha value is -3.34. The number of anilines is 1. The SMILES string of the molecule is Cc1cccc(-c2c(C(=O)Nc3ccccc3Cl)c(=O)cc(C)n2Cc2ccc(Cl)cc2)c1. The highest BCUT2D eigenvalue weighted by Gasteiger charge is 2.22. The molecule has 4 aromatic rings. The largest absolute Gasteiger partial charge is 0.340 e. The van der Waals surface area contributed by atoms with Crippen molar-refractivity contribution in [3.63, 3.8) is 0 Å². The topological polar surface area (TPSA) is 51.1 Å². The normalized spacial score (nSPS) is 10.8. The Balaban J connectivity index is 1.91. The fourth-order valence-corrected chi connectivity index (χ4v) is 4.11. The van der Waals surface area contributed by atoms with Crippen molar-refractivity contribution < 1.29 is 4.79 Å². The zero-order valence-electron chi connectivity index (χ0n) is 18.2. The summed E-state index contributed by atoms with van der Waals surface area (Å²) in [6, 6.07) is 23.7. The molecular weight excluding hydrogens is 455 g/mol. The molecule has 0 saturated carbocycles. The zero-order chi connectivity index (χ0) is 23.5. The molecule has 33 heavy (non-hydrogen) atoms. The van der Waals surface area contributed by atoms with Gasteiger partial charge in [-0.1, -0.05) is 71.2 Å². The lowest BCUT2D eigenvalue weighted by Crippen LogP contribution is -2.27. The fourth-order valence-electron chi connectivity index (χ4n) is 3.80. The average Bonchev–Trinajstić information content (AvgIpc) is 2.78. The second kappa shape index (κ2) is 9.65. The van der Waals surface area contributed by atoms with Crippen molar-refractivity contribution in [2.45, 2.75) is 20.4 Å². The van der Waals surface area contributed by atoms with Gasteiger partial charge in [0.1, 0.15) is 5.56 Å². The van der Waals surface area contributed by atoms with E-state index in [-0.39, 0.29) is 11.0 Å². The summed E-state index contributed by atoms with van der Waals surface area (Å²) in [5.74, 6) is -0.505. The highest BCUT2D eigenvalue weighted by atomic mass is 35.5. The molecule has 0 aliphatic rings. The van der Waals surface area contributed by atoms with Crippen molar-refractivity contribution in [2.24, 2.45) is 0 Å². The number of pyridine rings is 1. The maximum atomic E-state index is 13.4. The summed E-state index contributed by atoms with van der Waals surface area (Å²) >= 11 is 12.3. The number of rotatable bonds is 5. The Kier molecular flexibility index (Phi) is 6.68. The van der Waals surface area contributed by atoms with Crippen LogP contribution in [0.3, 0.4) is 0 Å². The van der Waals surface area contributed by atoms with Gasteiger partial charge in [-0.25, -0.2) is 0 Å². The number of halogens is 2. The van der Waals surface area contributed by atoms with Crippen molar-refractivity contribution in [2.75, 3.05) is 5.32 Å². The second-order valence-electron chi connectivity index (χ2n) is 7.89. The first kappa shape index (κ1) is 22.8. The summed E-state index contributed by atoms with van der Waals surface area (Å²) in [6.45, 7) is 4.32. The molecule has 0 aliphatic heterocycles. The molecule has 3 aromatic carbocycles. The van der Waals surface area contributed by atoms with Gasteiger partial charge in [0, 0.05) is 23.3 Å². The monoisotopic (exact) mass is 476 g/mol.